The number of carbonyl (C=O) groups excluding carboxylic acids is 3. The van der Waals surface area contributed by atoms with Gasteiger partial charge in [0.1, 0.15) is 12.4 Å². The van der Waals surface area contributed by atoms with Gasteiger partial charge in [0.25, 0.3) is 11.1 Å². The Morgan fingerprint density at radius 3 is 2.54 bits per heavy atom. The lowest BCUT2D eigenvalue weighted by molar-refractivity contribution is -0.123. The van der Waals surface area contributed by atoms with E-state index in [0.29, 0.717) is 11.3 Å². The molecule has 1 fully saturated rings. The standard InChI is InChI=1S/C27H21Cl2NO6S/c1-16-6-5-7-18(12-16)35-11-10-30-25(31)23(37-27(30)33)15-17-13-21(29)24(22(14-17)34-2)36-26(32)19-8-3-4-9-20(19)28/h3-9,12-15H,10-11H2,1-2H3/b23-15-. The summed E-state index contributed by atoms with van der Waals surface area (Å²) in [6.07, 6.45) is 1.53. The normalized spacial score (nSPS) is 14.3. The summed E-state index contributed by atoms with van der Waals surface area (Å²) in [4.78, 5) is 39.3. The molecule has 2 amide bonds. The molecule has 1 heterocycles. The highest BCUT2D eigenvalue weighted by Crippen LogP contribution is 2.39. The van der Waals surface area contributed by atoms with Gasteiger partial charge in [-0.1, -0.05) is 47.5 Å². The van der Waals surface area contributed by atoms with Crippen molar-refractivity contribution < 1.29 is 28.6 Å². The molecule has 0 saturated carbocycles. The summed E-state index contributed by atoms with van der Waals surface area (Å²) in [6, 6.07) is 17.0. The van der Waals surface area contributed by atoms with Crippen molar-refractivity contribution in [3.8, 4) is 17.2 Å². The van der Waals surface area contributed by atoms with Crippen molar-refractivity contribution in [2.24, 2.45) is 0 Å². The van der Waals surface area contributed by atoms with E-state index >= 15 is 0 Å². The highest BCUT2D eigenvalue weighted by atomic mass is 35.5. The van der Waals surface area contributed by atoms with Gasteiger partial charge < -0.3 is 14.2 Å². The molecular weight excluding hydrogens is 537 g/mol. The zero-order valence-corrected chi connectivity index (χ0v) is 22.2. The lowest BCUT2D eigenvalue weighted by Gasteiger charge is -2.14. The molecule has 0 unspecified atom stereocenters. The summed E-state index contributed by atoms with van der Waals surface area (Å²) in [7, 11) is 1.39. The van der Waals surface area contributed by atoms with E-state index in [1.54, 1.807) is 24.3 Å². The van der Waals surface area contributed by atoms with E-state index in [9.17, 15) is 14.4 Å². The molecule has 0 atom stereocenters. The van der Waals surface area contributed by atoms with Gasteiger partial charge in [-0.15, -0.1) is 0 Å². The number of halogens is 2. The van der Waals surface area contributed by atoms with Crippen LogP contribution >= 0.6 is 35.0 Å². The first kappa shape index (κ1) is 26.6. The molecule has 7 nitrogen and oxygen atoms in total. The van der Waals surface area contributed by atoms with Crippen LogP contribution in [0, 0.1) is 6.92 Å². The number of aryl methyl sites for hydroxylation is 1. The molecule has 37 heavy (non-hydrogen) atoms. The third-order valence-corrected chi connectivity index (χ3v) is 6.80. The predicted molar refractivity (Wildman–Crippen MR) is 144 cm³/mol. The van der Waals surface area contributed by atoms with Crippen LogP contribution in [0.5, 0.6) is 17.2 Å². The third kappa shape index (κ3) is 6.28. The van der Waals surface area contributed by atoms with Crippen molar-refractivity contribution >= 4 is 58.2 Å². The van der Waals surface area contributed by atoms with Crippen LogP contribution in [-0.4, -0.2) is 42.3 Å². The van der Waals surface area contributed by atoms with Gasteiger partial charge >= 0.3 is 5.97 Å². The average Bonchev–Trinajstić information content (AvgIpc) is 3.13. The van der Waals surface area contributed by atoms with Gasteiger partial charge in [-0.2, -0.15) is 0 Å². The number of carbonyl (C=O) groups is 3. The van der Waals surface area contributed by atoms with Gasteiger partial charge in [-0.3, -0.25) is 14.5 Å². The maximum Gasteiger partial charge on any atom is 0.345 e. The molecule has 0 radical (unpaired) electrons. The second-order valence-corrected chi connectivity index (χ2v) is 9.71. The molecule has 190 valence electrons. The molecule has 1 aliphatic heterocycles. The molecule has 1 aliphatic rings. The minimum atomic E-state index is -0.701. The summed E-state index contributed by atoms with van der Waals surface area (Å²) in [5.74, 6) is -0.295. The van der Waals surface area contributed by atoms with E-state index in [1.807, 2.05) is 31.2 Å². The van der Waals surface area contributed by atoms with Crippen LogP contribution in [0.3, 0.4) is 0 Å². The Kier molecular flexibility index (Phi) is 8.43. The number of rotatable bonds is 8. The first-order valence-corrected chi connectivity index (χ1v) is 12.6. The number of ether oxygens (including phenoxy) is 3. The van der Waals surface area contributed by atoms with Crippen LogP contribution in [0.4, 0.5) is 4.79 Å². The lowest BCUT2D eigenvalue weighted by atomic mass is 10.1. The second kappa shape index (κ2) is 11.7. The van der Waals surface area contributed by atoms with E-state index in [2.05, 4.69) is 0 Å². The fraction of sp³-hybridized carbons (Fsp3) is 0.148. The molecule has 10 heteroatoms. The second-order valence-electron chi connectivity index (χ2n) is 7.90. The zero-order chi connectivity index (χ0) is 26.5. The quantitative estimate of drug-likeness (QED) is 0.174. The smallest absolute Gasteiger partial charge is 0.345 e. The van der Waals surface area contributed by atoms with Crippen molar-refractivity contribution in [3.05, 3.63) is 92.3 Å². The topological polar surface area (TPSA) is 82.1 Å². The van der Waals surface area contributed by atoms with Gasteiger partial charge in [-0.25, -0.2) is 4.79 Å². The molecule has 0 bridgehead atoms. The van der Waals surface area contributed by atoms with Crippen molar-refractivity contribution in [1.82, 2.24) is 4.90 Å². The lowest BCUT2D eigenvalue weighted by Crippen LogP contribution is -2.32. The number of methoxy groups -OCH3 is 1. The summed E-state index contributed by atoms with van der Waals surface area (Å²) >= 11 is 13.3. The fourth-order valence-corrected chi connectivity index (χ4v) is 4.84. The Morgan fingerprint density at radius 2 is 1.81 bits per heavy atom. The number of benzene rings is 3. The molecule has 0 spiro atoms. The first-order valence-electron chi connectivity index (χ1n) is 11.1. The SMILES string of the molecule is COc1cc(/C=C2\SC(=O)N(CCOc3cccc(C)c3)C2=O)cc(Cl)c1OC(=O)c1ccccc1Cl. The molecule has 4 rings (SSSR count). The number of thioether (sulfide) groups is 1. The van der Waals surface area contributed by atoms with E-state index < -0.39 is 17.1 Å². The highest BCUT2D eigenvalue weighted by Gasteiger charge is 2.35. The maximum absolute atomic E-state index is 12.9. The highest BCUT2D eigenvalue weighted by molar-refractivity contribution is 8.18. The first-order chi connectivity index (χ1) is 17.8. The van der Waals surface area contributed by atoms with Crippen LogP contribution in [0.25, 0.3) is 6.08 Å². The predicted octanol–water partition coefficient (Wildman–Crippen LogP) is 6.64. The van der Waals surface area contributed by atoms with Crippen molar-refractivity contribution in [2.75, 3.05) is 20.3 Å². The third-order valence-electron chi connectivity index (χ3n) is 5.28. The summed E-state index contributed by atoms with van der Waals surface area (Å²) in [6.45, 7) is 2.22. The Labute approximate surface area is 227 Å². The van der Waals surface area contributed by atoms with E-state index in [-0.39, 0.29) is 45.2 Å². The van der Waals surface area contributed by atoms with Crippen LogP contribution in [0.2, 0.25) is 10.0 Å². The number of hydrogen-bond donors (Lipinski definition) is 0. The number of hydrogen-bond acceptors (Lipinski definition) is 7. The van der Waals surface area contributed by atoms with Crippen molar-refractivity contribution in [3.63, 3.8) is 0 Å². The minimum absolute atomic E-state index is 0.00707. The molecule has 3 aromatic carbocycles. The van der Waals surface area contributed by atoms with Crippen LogP contribution in [0.15, 0.2) is 65.6 Å². The van der Waals surface area contributed by atoms with Gasteiger partial charge in [0.05, 0.1) is 34.2 Å². The van der Waals surface area contributed by atoms with Gasteiger partial charge in [0.15, 0.2) is 11.5 Å². The van der Waals surface area contributed by atoms with Gasteiger partial charge in [-0.05, 0) is 72.3 Å². The van der Waals surface area contributed by atoms with Gasteiger partial charge in [0.2, 0.25) is 0 Å². The Balaban J connectivity index is 1.48. The average molecular weight is 558 g/mol. The summed E-state index contributed by atoms with van der Waals surface area (Å²) in [5, 5.41) is -0.0801. The molecular formula is C27H21Cl2NO6S. The fourth-order valence-electron chi connectivity index (χ4n) is 3.50. The zero-order valence-electron chi connectivity index (χ0n) is 19.8. The van der Waals surface area contributed by atoms with E-state index in [1.165, 1.54) is 25.3 Å². The molecule has 0 N–H and O–H groups in total. The monoisotopic (exact) mass is 557 g/mol. The summed E-state index contributed by atoms with van der Waals surface area (Å²) in [5.41, 5.74) is 1.71. The largest absolute Gasteiger partial charge is 0.493 e. The van der Waals surface area contributed by atoms with Crippen molar-refractivity contribution in [1.29, 1.82) is 0 Å². The number of nitrogens with zero attached hydrogens (tertiary/aromatic N) is 1. The Hall–Kier alpha value is -3.46. The number of amides is 2. The van der Waals surface area contributed by atoms with E-state index in [4.69, 9.17) is 37.4 Å². The molecule has 0 aliphatic carbocycles. The Morgan fingerprint density at radius 1 is 1.03 bits per heavy atom. The van der Waals surface area contributed by atoms with E-state index in [0.717, 1.165) is 22.2 Å². The maximum atomic E-state index is 12.9. The molecule has 0 aromatic heterocycles. The van der Waals surface area contributed by atoms with Crippen LogP contribution in [0.1, 0.15) is 21.5 Å². The molecule has 1 saturated heterocycles. The number of imide groups is 1. The van der Waals surface area contributed by atoms with Crippen LogP contribution < -0.4 is 14.2 Å². The Bertz CT molecular complexity index is 1410. The number of esters is 1. The summed E-state index contributed by atoms with van der Waals surface area (Å²) < 4.78 is 16.5. The van der Waals surface area contributed by atoms with Gasteiger partial charge in [0, 0.05) is 0 Å². The van der Waals surface area contributed by atoms with Crippen LogP contribution in [-0.2, 0) is 4.79 Å². The minimum Gasteiger partial charge on any atom is -0.493 e. The van der Waals surface area contributed by atoms with Crippen molar-refractivity contribution in [2.45, 2.75) is 6.92 Å². The molecule has 3 aromatic rings.